The average Bonchev–Trinajstić information content (AvgIpc) is 4.06. The van der Waals surface area contributed by atoms with Crippen LogP contribution in [-0.2, 0) is 0 Å². The van der Waals surface area contributed by atoms with Gasteiger partial charge in [-0.15, -0.1) is 22.7 Å². The van der Waals surface area contributed by atoms with Crippen molar-refractivity contribution in [3.8, 4) is 44.5 Å². The van der Waals surface area contributed by atoms with E-state index in [0.29, 0.717) is 0 Å². The van der Waals surface area contributed by atoms with Gasteiger partial charge in [0.25, 0.3) is 0 Å². The van der Waals surface area contributed by atoms with Gasteiger partial charge in [-0.1, -0.05) is 170 Å². The predicted octanol–water partition coefficient (Wildman–Crippen LogP) is 18.5. The van der Waals surface area contributed by atoms with Gasteiger partial charge >= 0.3 is 0 Å². The SMILES string of the molecule is c1ccc(-c2ccc3c(c2)oc2cc(-c4ccccc4)cc(N(c4ccc5c(c4)sc4ccccc45)c4ccc(-c5ccccc5)c5sc6cc(-c7ccccc7)ccc6c45)c23)cc1. The highest BCUT2D eigenvalue weighted by atomic mass is 32.1. The van der Waals surface area contributed by atoms with E-state index in [1.165, 1.54) is 62.6 Å². The molecule has 0 saturated heterocycles. The fourth-order valence-electron chi connectivity index (χ4n) is 9.63. The molecule has 0 radical (unpaired) electrons. The van der Waals surface area contributed by atoms with E-state index in [-0.39, 0.29) is 0 Å². The standard InChI is InChI=1S/C60H37NOS2/c1-5-15-38(16-6-1)42-25-28-49-53(34-42)62-54-35-44(40-19-9-3-10-20-40)33-52(58(49)54)61(45-27-30-48-47-23-13-14-24-55(47)63-57(48)37-45)51-32-31-46(41-21-11-4-12-22-41)60-59(51)50-29-26-43(36-56(50)64-60)39-17-7-2-8-18-39/h1-37H. The van der Waals surface area contributed by atoms with Gasteiger partial charge in [-0.3, -0.25) is 0 Å². The molecule has 2 nitrogen and oxygen atoms in total. The average molecular weight is 852 g/mol. The van der Waals surface area contributed by atoms with E-state index < -0.39 is 0 Å². The van der Waals surface area contributed by atoms with Crippen molar-refractivity contribution in [2.75, 3.05) is 4.90 Å². The number of anilines is 3. The van der Waals surface area contributed by atoms with Gasteiger partial charge in [-0.25, -0.2) is 0 Å². The van der Waals surface area contributed by atoms with Gasteiger partial charge in [0, 0.05) is 51.4 Å². The van der Waals surface area contributed by atoms with E-state index in [4.69, 9.17) is 4.42 Å². The summed E-state index contributed by atoms with van der Waals surface area (Å²) in [4.78, 5) is 2.52. The quantitative estimate of drug-likeness (QED) is 0.159. The lowest BCUT2D eigenvalue weighted by Crippen LogP contribution is -2.11. The monoisotopic (exact) mass is 851 g/mol. The molecular formula is C60H37NOS2. The van der Waals surface area contributed by atoms with Crippen LogP contribution in [0.2, 0.25) is 0 Å². The van der Waals surface area contributed by atoms with Crippen LogP contribution in [0.15, 0.2) is 229 Å². The summed E-state index contributed by atoms with van der Waals surface area (Å²) >= 11 is 3.74. The van der Waals surface area contributed by atoms with Crippen LogP contribution in [0.5, 0.6) is 0 Å². The molecule has 0 bridgehead atoms. The minimum absolute atomic E-state index is 0.851. The lowest BCUT2D eigenvalue weighted by atomic mass is 9.97. The third-order valence-corrected chi connectivity index (χ3v) is 15.0. The van der Waals surface area contributed by atoms with Gasteiger partial charge < -0.3 is 9.32 Å². The fraction of sp³-hybridized carbons (Fsp3) is 0. The number of hydrogen-bond donors (Lipinski definition) is 0. The molecule has 0 saturated carbocycles. The Hall–Kier alpha value is -7.76. The van der Waals surface area contributed by atoms with Gasteiger partial charge in [0.2, 0.25) is 0 Å². The van der Waals surface area contributed by atoms with Gasteiger partial charge in [0.1, 0.15) is 11.2 Å². The molecule has 13 rings (SSSR count). The van der Waals surface area contributed by atoms with Gasteiger partial charge in [-0.05, 0) is 99.1 Å². The van der Waals surface area contributed by atoms with E-state index in [0.717, 1.165) is 61.3 Å². The summed E-state index contributed by atoms with van der Waals surface area (Å²) in [7, 11) is 0. The van der Waals surface area contributed by atoms with Crippen molar-refractivity contribution in [1.82, 2.24) is 0 Å². The molecule has 0 aliphatic rings. The fourth-order valence-corrected chi connectivity index (χ4v) is 12.1. The van der Waals surface area contributed by atoms with Crippen molar-refractivity contribution in [3.63, 3.8) is 0 Å². The van der Waals surface area contributed by atoms with Crippen LogP contribution in [0.1, 0.15) is 0 Å². The van der Waals surface area contributed by atoms with Crippen LogP contribution >= 0.6 is 22.7 Å². The molecule has 0 amide bonds. The molecule has 0 N–H and O–H groups in total. The van der Waals surface area contributed by atoms with Crippen LogP contribution in [-0.4, -0.2) is 0 Å². The Labute approximate surface area is 378 Å². The first-order chi connectivity index (χ1) is 31.7. The Bertz CT molecular complexity index is 3890. The number of benzene rings is 10. The molecule has 0 aliphatic heterocycles. The maximum absolute atomic E-state index is 7.00. The molecule has 3 heterocycles. The van der Waals surface area contributed by atoms with Crippen molar-refractivity contribution in [3.05, 3.63) is 224 Å². The van der Waals surface area contributed by atoms with Crippen LogP contribution in [0, 0.1) is 0 Å². The molecular weight excluding hydrogens is 815 g/mol. The number of rotatable bonds is 7. The van der Waals surface area contributed by atoms with E-state index in [2.05, 4.69) is 229 Å². The second kappa shape index (κ2) is 15.0. The van der Waals surface area contributed by atoms with Gasteiger partial charge in [0.05, 0.1) is 16.8 Å². The zero-order valence-electron chi connectivity index (χ0n) is 34.5. The van der Waals surface area contributed by atoms with E-state index in [1.807, 2.05) is 22.7 Å². The van der Waals surface area contributed by atoms with Crippen LogP contribution < -0.4 is 4.90 Å². The molecule has 13 aromatic rings. The summed E-state index contributed by atoms with van der Waals surface area (Å²) < 4.78 is 12.1. The van der Waals surface area contributed by atoms with Gasteiger partial charge in [-0.2, -0.15) is 0 Å². The molecule has 0 atom stereocenters. The Morgan fingerprint density at radius 3 is 1.59 bits per heavy atom. The van der Waals surface area contributed by atoms with Crippen molar-refractivity contribution in [2.45, 2.75) is 0 Å². The molecule has 64 heavy (non-hydrogen) atoms. The molecule has 0 aliphatic carbocycles. The Morgan fingerprint density at radius 1 is 0.312 bits per heavy atom. The number of thiophene rings is 2. The third kappa shape index (κ3) is 6.06. The van der Waals surface area contributed by atoms with E-state index in [1.54, 1.807) is 0 Å². The second-order valence-electron chi connectivity index (χ2n) is 16.4. The highest BCUT2D eigenvalue weighted by Gasteiger charge is 2.26. The molecule has 3 aromatic heterocycles. The van der Waals surface area contributed by atoms with Crippen molar-refractivity contribution >= 4 is 102 Å². The minimum atomic E-state index is 0.851. The lowest BCUT2D eigenvalue weighted by molar-refractivity contribution is 0.669. The molecule has 300 valence electrons. The number of fused-ring (bicyclic) bond motifs is 9. The Morgan fingerprint density at radius 2 is 0.875 bits per heavy atom. The zero-order valence-corrected chi connectivity index (χ0v) is 36.2. The number of furan rings is 1. The van der Waals surface area contributed by atoms with Crippen LogP contribution in [0.25, 0.3) is 107 Å². The number of hydrogen-bond acceptors (Lipinski definition) is 4. The summed E-state index contributed by atoms with van der Waals surface area (Å²) in [5.41, 5.74) is 14.4. The summed E-state index contributed by atoms with van der Waals surface area (Å²) in [6.45, 7) is 0. The van der Waals surface area contributed by atoms with E-state index in [9.17, 15) is 0 Å². The Balaban J connectivity index is 1.15. The van der Waals surface area contributed by atoms with Crippen molar-refractivity contribution in [2.24, 2.45) is 0 Å². The largest absolute Gasteiger partial charge is 0.456 e. The van der Waals surface area contributed by atoms with Gasteiger partial charge in [0.15, 0.2) is 0 Å². The first kappa shape index (κ1) is 36.9. The Kier molecular flexibility index (Phi) is 8.61. The maximum atomic E-state index is 7.00. The topological polar surface area (TPSA) is 16.4 Å². The van der Waals surface area contributed by atoms with Crippen molar-refractivity contribution < 1.29 is 4.42 Å². The molecule has 0 unspecified atom stereocenters. The molecule has 0 fully saturated rings. The molecule has 4 heteroatoms. The summed E-state index contributed by atoms with van der Waals surface area (Å²) in [6, 6.07) is 81.6. The highest BCUT2D eigenvalue weighted by Crippen LogP contribution is 2.52. The lowest BCUT2D eigenvalue weighted by Gasteiger charge is -2.28. The summed E-state index contributed by atoms with van der Waals surface area (Å²) in [5, 5.41) is 7.19. The first-order valence-electron chi connectivity index (χ1n) is 21.6. The smallest absolute Gasteiger partial charge is 0.138 e. The van der Waals surface area contributed by atoms with Crippen LogP contribution in [0.4, 0.5) is 17.1 Å². The third-order valence-electron chi connectivity index (χ3n) is 12.7. The second-order valence-corrected chi connectivity index (χ2v) is 18.5. The first-order valence-corrected chi connectivity index (χ1v) is 23.3. The zero-order chi connectivity index (χ0) is 42.1. The predicted molar refractivity (Wildman–Crippen MR) is 276 cm³/mol. The molecule has 0 spiro atoms. The normalized spacial score (nSPS) is 11.8. The maximum Gasteiger partial charge on any atom is 0.138 e. The highest BCUT2D eigenvalue weighted by molar-refractivity contribution is 7.26. The summed E-state index contributed by atoms with van der Waals surface area (Å²) in [6.07, 6.45) is 0. The number of nitrogens with zero attached hydrogens (tertiary/aromatic N) is 1. The van der Waals surface area contributed by atoms with Crippen LogP contribution in [0.3, 0.4) is 0 Å². The minimum Gasteiger partial charge on any atom is -0.456 e. The van der Waals surface area contributed by atoms with Crippen molar-refractivity contribution in [1.29, 1.82) is 0 Å². The van der Waals surface area contributed by atoms with E-state index >= 15 is 0 Å². The molecule has 10 aromatic carbocycles. The summed E-state index contributed by atoms with van der Waals surface area (Å²) in [5.74, 6) is 0.